The molecule has 1 aliphatic rings. The van der Waals surface area contributed by atoms with E-state index in [-0.39, 0.29) is 5.78 Å². The molecule has 22 heavy (non-hydrogen) atoms. The van der Waals surface area contributed by atoms with Crippen molar-refractivity contribution in [2.45, 2.75) is 4.90 Å². The zero-order valence-corrected chi connectivity index (χ0v) is 12.7. The third-order valence-electron chi connectivity index (χ3n) is 3.31. The Labute approximate surface area is 132 Å². The highest BCUT2D eigenvalue weighted by Crippen LogP contribution is 2.40. The second-order valence-electron chi connectivity index (χ2n) is 4.61. The fraction of sp³-hybridized carbons (Fsp3) is 0.0588. The summed E-state index contributed by atoms with van der Waals surface area (Å²) in [6.45, 7) is 0. The molecule has 110 valence electrons. The number of anilines is 1. The third-order valence-corrected chi connectivity index (χ3v) is 4.40. The monoisotopic (exact) mass is 311 g/mol. The van der Waals surface area contributed by atoms with Crippen LogP contribution in [-0.2, 0) is 4.79 Å². The van der Waals surface area contributed by atoms with E-state index in [1.807, 2.05) is 30.3 Å². The highest BCUT2D eigenvalue weighted by atomic mass is 32.2. The maximum atomic E-state index is 12.4. The van der Waals surface area contributed by atoms with Crippen molar-refractivity contribution in [3.8, 4) is 5.75 Å². The van der Waals surface area contributed by atoms with Gasteiger partial charge in [-0.15, -0.1) is 0 Å². The number of carbonyl (C=O) groups excluding carboxylic acids is 2. The smallest absolute Gasteiger partial charge is 0.218 e. The summed E-state index contributed by atoms with van der Waals surface area (Å²) in [5.41, 5.74) is 1.27. The molecule has 0 saturated heterocycles. The third kappa shape index (κ3) is 2.51. The molecule has 5 heteroatoms. The van der Waals surface area contributed by atoms with Crippen molar-refractivity contribution < 1.29 is 14.3 Å². The molecule has 0 aliphatic carbocycles. The van der Waals surface area contributed by atoms with E-state index in [0.717, 1.165) is 4.90 Å². The lowest BCUT2D eigenvalue weighted by Crippen LogP contribution is -2.15. The van der Waals surface area contributed by atoms with Crippen molar-refractivity contribution in [3.63, 3.8) is 0 Å². The number of ketones is 1. The number of methoxy groups -OCH3 is 1. The van der Waals surface area contributed by atoms with Gasteiger partial charge in [-0.2, -0.15) is 0 Å². The first-order valence-electron chi connectivity index (χ1n) is 6.64. The van der Waals surface area contributed by atoms with Crippen molar-refractivity contribution in [2.75, 3.05) is 12.0 Å². The van der Waals surface area contributed by atoms with Crippen LogP contribution in [0.25, 0.3) is 0 Å². The van der Waals surface area contributed by atoms with Gasteiger partial charge < -0.3 is 4.74 Å². The molecule has 0 radical (unpaired) electrons. The molecular formula is C17H13NO3S. The normalized spacial score (nSPS) is 14.8. The molecule has 2 aromatic rings. The lowest BCUT2D eigenvalue weighted by molar-refractivity contribution is -0.107. The predicted molar refractivity (Wildman–Crippen MR) is 86.2 cm³/mol. The van der Waals surface area contributed by atoms with Gasteiger partial charge in [-0.3, -0.25) is 14.5 Å². The fourth-order valence-corrected chi connectivity index (χ4v) is 3.28. The van der Waals surface area contributed by atoms with Gasteiger partial charge in [0.05, 0.1) is 17.7 Å². The average Bonchev–Trinajstić information content (AvgIpc) is 2.89. The van der Waals surface area contributed by atoms with Gasteiger partial charge in [0.25, 0.3) is 0 Å². The van der Waals surface area contributed by atoms with E-state index in [4.69, 9.17) is 4.74 Å². The van der Waals surface area contributed by atoms with Crippen LogP contribution in [0.2, 0.25) is 0 Å². The topological polar surface area (TPSA) is 46.6 Å². The Bertz CT molecular complexity index is 770. The van der Waals surface area contributed by atoms with Gasteiger partial charge in [-0.05, 0) is 24.3 Å². The number of thioether (sulfide) groups is 1. The standard InChI is InChI=1S/C17H13NO3S/c1-21-14-8-4-3-7-13(14)18(11-19)10-16-17(20)12-6-2-5-9-15(12)22-16/h2-11H,1H3. The molecule has 0 atom stereocenters. The van der Waals surface area contributed by atoms with Crippen LogP contribution in [0.15, 0.2) is 64.5 Å². The van der Waals surface area contributed by atoms with Crippen LogP contribution < -0.4 is 9.64 Å². The minimum Gasteiger partial charge on any atom is -0.495 e. The Morgan fingerprint density at radius 3 is 2.55 bits per heavy atom. The molecular weight excluding hydrogens is 298 g/mol. The SMILES string of the molecule is COc1ccccc1N(C=O)C=C1Sc2ccccc2C1=O. The molecule has 1 amide bonds. The van der Waals surface area contributed by atoms with Gasteiger partial charge in [-0.25, -0.2) is 0 Å². The number of hydrogen-bond acceptors (Lipinski definition) is 4. The molecule has 3 rings (SSSR count). The van der Waals surface area contributed by atoms with E-state index >= 15 is 0 Å². The highest BCUT2D eigenvalue weighted by molar-refractivity contribution is 8.04. The Kier molecular flexibility index (Phi) is 3.98. The van der Waals surface area contributed by atoms with E-state index in [2.05, 4.69) is 0 Å². The van der Waals surface area contributed by atoms with E-state index in [1.165, 1.54) is 16.7 Å². The minimum absolute atomic E-state index is 0.0673. The second-order valence-corrected chi connectivity index (χ2v) is 5.69. The number of nitrogens with zero attached hydrogens (tertiary/aromatic N) is 1. The van der Waals surface area contributed by atoms with Gasteiger partial charge in [0.1, 0.15) is 5.75 Å². The average molecular weight is 311 g/mol. The molecule has 1 heterocycles. The Hall–Kier alpha value is -2.53. The Morgan fingerprint density at radius 1 is 1.09 bits per heavy atom. The van der Waals surface area contributed by atoms with Crippen LogP contribution in [0, 0.1) is 0 Å². The zero-order valence-electron chi connectivity index (χ0n) is 11.9. The van der Waals surface area contributed by atoms with Crippen molar-refractivity contribution in [1.82, 2.24) is 0 Å². The van der Waals surface area contributed by atoms with Crippen molar-refractivity contribution in [1.29, 1.82) is 0 Å². The predicted octanol–water partition coefficient (Wildman–Crippen LogP) is 3.49. The highest BCUT2D eigenvalue weighted by Gasteiger charge is 2.26. The Morgan fingerprint density at radius 2 is 1.82 bits per heavy atom. The molecule has 0 bridgehead atoms. The number of allylic oxidation sites excluding steroid dienone is 1. The molecule has 0 spiro atoms. The maximum Gasteiger partial charge on any atom is 0.218 e. The number of amides is 1. The number of rotatable bonds is 4. The first-order chi connectivity index (χ1) is 10.7. The lowest BCUT2D eigenvalue weighted by atomic mass is 10.1. The maximum absolute atomic E-state index is 12.4. The summed E-state index contributed by atoms with van der Waals surface area (Å²) in [5, 5.41) is 0. The van der Waals surface area contributed by atoms with E-state index in [0.29, 0.717) is 28.3 Å². The van der Waals surface area contributed by atoms with Gasteiger partial charge in [0.15, 0.2) is 0 Å². The molecule has 4 nitrogen and oxygen atoms in total. The summed E-state index contributed by atoms with van der Waals surface area (Å²) in [5.74, 6) is 0.502. The van der Waals surface area contributed by atoms with E-state index in [9.17, 15) is 9.59 Å². The number of fused-ring (bicyclic) bond motifs is 1. The number of benzene rings is 2. The number of hydrogen-bond donors (Lipinski definition) is 0. The minimum atomic E-state index is -0.0673. The molecule has 0 fully saturated rings. The number of para-hydroxylation sites is 2. The Balaban J connectivity index is 1.97. The second kappa shape index (κ2) is 6.07. The zero-order chi connectivity index (χ0) is 15.5. The van der Waals surface area contributed by atoms with E-state index in [1.54, 1.807) is 31.5 Å². The van der Waals surface area contributed by atoms with Crippen molar-refractivity contribution in [3.05, 3.63) is 65.2 Å². The van der Waals surface area contributed by atoms with Crippen LogP contribution in [0.4, 0.5) is 5.69 Å². The fourth-order valence-electron chi connectivity index (χ4n) is 2.25. The van der Waals surface area contributed by atoms with Crippen LogP contribution in [0.1, 0.15) is 10.4 Å². The summed E-state index contributed by atoms with van der Waals surface area (Å²) in [6, 6.07) is 14.6. The lowest BCUT2D eigenvalue weighted by Gasteiger charge is -2.16. The number of carbonyl (C=O) groups is 2. The van der Waals surface area contributed by atoms with Gasteiger partial charge in [0.2, 0.25) is 12.2 Å². The molecule has 0 unspecified atom stereocenters. The van der Waals surface area contributed by atoms with Gasteiger partial charge in [0, 0.05) is 16.7 Å². The van der Waals surface area contributed by atoms with Crippen molar-refractivity contribution >= 4 is 29.6 Å². The van der Waals surface area contributed by atoms with Crippen molar-refractivity contribution in [2.24, 2.45) is 0 Å². The summed E-state index contributed by atoms with van der Waals surface area (Å²) in [6.07, 6.45) is 2.22. The molecule has 1 aliphatic heterocycles. The van der Waals surface area contributed by atoms with Crippen LogP contribution in [0.3, 0.4) is 0 Å². The number of ether oxygens (including phenoxy) is 1. The van der Waals surface area contributed by atoms with E-state index < -0.39 is 0 Å². The molecule has 0 N–H and O–H groups in total. The van der Waals surface area contributed by atoms with Crippen LogP contribution in [0.5, 0.6) is 5.75 Å². The largest absolute Gasteiger partial charge is 0.495 e. The molecule has 0 aromatic heterocycles. The van der Waals surface area contributed by atoms with Crippen LogP contribution >= 0.6 is 11.8 Å². The van der Waals surface area contributed by atoms with Gasteiger partial charge in [-0.1, -0.05) is 36.0 Å². The molecule has 0 saturated carbocycles. The molecule has 2 aromatic carbocycles. The first kappa shape index (κ1) is 14.4. The summed E-state index contributed by atoms with van der Waals surface area (Å²) in [4.78, 5) is 26.6. The summed E-state index contributed by atoms with van der Waals surface area (Å²) >= 11 is 1.37. The number of Topliss-reactive ketones (excluding diaryl/α,β-unsaturated/α-hetero) is 1. The van der Waals surface area contributed by atoms with Crippen LogP contribution in [-0.4, -0.2) is 19.3 Å². The quantitative estimate of drug-likeness (QED) is 0.640. The summed E-state index contributed by atoms with van der Waals surface area (Å²) < 4.78 is 5.26. The first-order valence-corrected chi connectivity index (χ1v) is 7.46. The summed E-state index contributed by atoms with van der Waals surface area (Å²) in [7, 11) is 1.54. The van der Waals surface area contributed by atoms with Gasteiger partial charge >= 0.3 is 0 Å².